The van der Waals surface area contributed by atoms with Crippen LogP contribution in [-0.2, 0) is 46.2 Å². The summed E-state index contributed by atoms with van der Waals surface area (Å²) in [6.07, 6.45) is 3.35. The second-order valence-corrected chi connectivity index (χ2v) is 18.5. The van der Waals surface area contributed by atoms with E-state index in [1.165, 1.54) is 12.1 Å². The fraction of sp³-hybridized carbons (Fsp3) is 0.415. The first-order valence-corrected chi connectivity index (χ1v) is 24.8. The molecule has 0 saturated carbocycles. The number of aryl methyl sites for hydroxylation is 1. The average molecular weight is 1010 g/mol. The fourth-order valence-electron chi connectivity index (χ4n) is 9.73. The van der Waals surface area contributed by atoms with Crippen molar-refractivity contribution in [1.82, 2.24) is 25.3 Å². The molecular formula is C53H58F2N8O10. The molecule has 5 aromatic rings. The van der Waals surface area contributed by atoms with Gasteiger partial charge in [0.1, 0.15) is 17.7 Å². The van der Waals surface area contributed by atoms with E-state index in [0.29, 0.717) is 130 Å². The van der Waals surface area contributed by atoms with Gasteiger partial charge in [0, 0.05) is 81.3 Å². The number of benzene rings is 4. The van der Waals surface area contributed by atoms with Gasteiger partial charge in [-0.25, -0.2) is 8.78 Å². The summed E-state index contributed by atoms with van der Waals surface area (Å²) in [7, 11) is 0. The van der Waals surface area contributed by atoms with E-state index in [9.17, 15) is 37.5 Å². The zero-order valence-corrected chi connectivity index (χ0v) is 40.4. The normalized spacial score (nSPS) is 17.3. The molecule has 0 radical (unpaired) electrons. The van der Waals surface area contributed by atoms with Crippen molar-refractivity contribution in [2.24, 2.45) is 0 Å². The number of H-pyrrole nitrogens is 1. The van der Waals surface area contributed by atoms with Crippen molar-refractivity contribution in [3.05, 3.63) is 118 Å². The monoisotopic (exact) mass is 1000 g/mol. The summed E-state index contributed by atoms with van der Waals surface area (Å²) < 4.78 is 50.4. The third kappa shape index (κ3) is 12.4. The van der Waals surface area contributed by atoms with Crippen molar-refractivity contribution < 1.29 is 56.5 Å². The standard InChI is InChI=1S/C53H58F2N8O10/c54-36-28-34(29-37(55)31-36)27-33-6-9-43-42(30-33)49(60-59-43)58-50(66)40-8-7-39(32-44(40)56-38-12-20-71-21-13-38)61-15-17-62(18-16-61)47(65)14-22-72-24-26-73-25-23-70-19-2-4-35-3-1-5-41-48(35)53(69)63(52(41)68)45-10-11-46(64)57-51(45)67/h1,3,5-9,28-32,38,45,56H,2,4,10-27H2,(H,57,64,67)(H2,58,59,60,66). The number of ether oxygens (including phenoxy) is 4. The third-order valence-corrected chi connectivity index (χ3v) is 13.5. The molecule has 5 heterocycles. The van der Waals surface area contributed by atoms with E-state index in [4.69, 9.17) is 18.9 Å². The number of rotatable bonds is 21. The Morgan fingerprint density at radius 1 is 0.781 bits per heavy atom. The van der Waals surface area contributed by atoms with Crippen molar-refractivity contribution in [3.8, 4) is 0 Å². The second-order valence-electron chi connectivity index (χ2n) is 18.5. The van der Waals surface area contributed by atoms with Crippen LogP contribution in [0, 0.1) is 11.6 Å². The van der Waals surface area contributed by atoms with E-state index >= 15 is 0 Å². The predicted molar refractivity (Wildman–Crippen MR) is 264 cm³/mol. The van der Waals surface area contributed by atoms with E-state index in [1.54, 1.807) is 24.3 Å². The van der Waals surface area contributed by atoms with Crippen LogP contribution in [0.3, 0.4) is 0 Å². The SMILES string of the molecule is O=C1CCC(N2C(=O)c3cccc(CCCOCCOCCOCCC(=O)N4CCN(c5ccc(C(=O)Nc6n[nH]c7ccc(Cc8cc(F)cc(F)c8)cc67)c(NC6CCOCC6)c5)CC4)c3C2=O)C(=O)N1. The summed E-state index contributed by atoms with van der Waals surface area (Å²) in [6.45, 7) is 5.53. The van der Waals surface area contributed by atoms with Crippen LogP contribution in [0.4, 0.5) is 26.0 Å². The molecule has 3 saturated heterocycles. The van der Waals surface area contributed by atoms with Gasteiger partial charge in [0.05, 0.1) is 61.7 Å². The highest BCUT2D eigenvalue weighted by Gasteiger charge is 2.45. The summed E-state index contributed by atoms with van der Waals surface area (Å²) in [5, 5.41) is 16.8. The molecule has 0 spiro atoms. The lowest BCUT2D eigenvalue weighted by Crippen LogP contribution is -2.54. The number of piperidine rings is 1. The molecule has 4 N–H and O–H groups in total. The smallest absolute Gasteiger partial charge is 0.262 e. The van der Waals surface area contributed by atoms with Gasteiger partial charge in [-0.05, 0) is 104 Å². The minimum atomic E-state index is -1.01. The number of hydrogen-bond donors (Lipinski definition) is 4. The van der Waals surface area contributed by atoms with Gasteiger partial charge < -0.3 is 39.4 Å². The number of carbonyl (C=O) groups excluding carboxylic acids is 6. The van der Waals surface area contributed by atoms with Crippen LogP contribution in [0.5, 0.6) is 0 Å². The molecule has 0 bridgehead atoms. The number of amides is 6. The van der Waals surface area contributed by atoms with Crippen LogP contribution in [-0.4, -0.2) is 147 Å². The summed E-state index contributed by atoms with van der Waals surface area (Å²) in [5.41, 5.74) is 5.26. The largest absolute Gasteiger partial charge is 0.381 e. The van der Waals surface area contributed by atoms with Crippen LogP contribution >= 0.6 is 0 Å². The van der Waals surface area contributed by atoms with Gasteiger partial charge in [-0.2, -0.15) is 5.10 Å². The van der Waals surface area contributed by atoms with Crippen LogP contribution in [0.15, 0.2) is 72.8 Å². The number of hydrogen-bond acceptors (Lipinski definition) is 13. The summed E-state index contributed by atoms with van der Waals surface area (Å²) in [4.78, 5) is 82.6. The molecule has 6 amide bonds. The van der Waals surface area contributed by atoms with E-state index < -0.39 is 41.3 Å². The number of piperazine rings is 1. The Labute approximate surface area is 420 Å². The number of anilines is 3. The van der Waals surface area contributed by atoms with E-state index in [0.717, 1.165) is 35.1 Å². The second kappa shape index (κ2) is 23.6. The lowest BCUT2D eigenvalue weighted by molar-refractivity contribution is -0.136. The third-order valence-electron chi connectivity index (χ3n) is 13.5. The molecule has 3 fully saturated rings. The Morgan fingerprint density at radius 3 is 2.27 bits per heavy atom. The number of nitrogens with one attached hydrogen (secondary N) is 4. The first-order chi connectivity index (χ1) is 35.5. The van der Waals surface area contributed by atoms with E-state index in [-0.39, 0.29) is 55.7 Å². The summed E-state index contributed by atoms with van der Waals surface area (Å²) in [6, 6.07) is 18.8. The molecule has 1 unspecified atom stereocenters. The Hall–Kier alpha value is -7.13. The highest BCUT2D eigenvalue weighted by Crippen LogP contribution is 2.32. The van der Waals surface area contributed by atoms with Crippen LogP contribution in [0.2, 0.25) is 0 Å². The van der Waals surface area contributed by atoms with E-state index in [2.05, 4.69) is 31.0 Å². The quantitative estimate of drug-likeness (QED) is 0.0537. The molecule has 73 heavy (non-hydrogen) atoms. The fourth-order valence-corrected chi connectivity index (χ4v) is 9.73. The highest BCUT2D eigenvalue weighted by molar-refractivity contribution is 6.24. The zero-order chi connectivity index (χ0) is 50.8. The number of halogens is 2. The molecule has 20 heteroatoms. The molecule has 4 aliphatic rings. The zero-order valence-electron chi connectivity index (χ0n) is 40.4. The Morgan fingerprint density at radius 2 is 1.52 bits per heavy atom. The minimum absolute atomic E-state index is 0.00629. The molecule has 18 nitrogen and oxygen atoms in total. The van der Waals surface area contributed by atoms with Gasteiger partial charge >= 0.3 is 0 Å². The Bertz CT molecular complexity index is 2840. The summed E-state index contributed by atoms with van der Waals surface area (Å²) in [5.74, 6) is -3.42. The number of fused-ring (bicyclic) bond motifs is 2. The van der Waals surface area contributed by atoms with Gasteiger partial charge in [0.2, 0.25) is 17.7 Å². The number of nitrogens with zero attached hydrogens (tertiary/aromatic N) is 4. The molecule has 1 aromatic heterocycles. The maximum absolute atomic E-state index is 14.0. The first-order valence-electron chi connectivity index (χ1n) is 24.8. The number of aromatic nitrogens is 2. The van der Waals surface area contributed by atoms with Crippen LogP contribution < -0.4 is 20.9 Å². The van der Waals surface area contributed by atoms with Gasteiger partial charge in [0.15, 0.2) is 5.82 Å². The van der Waals surface area contributed by atoms with Crippen molar-refractivity contribution in [2.75, 3.05) is 94.6 Å². The average Bonchev–Trinajstić information content (AvgIpc) is 3.89. The molecule has 1 atom stereocenters. The highest BCUT2D eigenvalue weighted by atomic mass is 19.1. The number of aromatic amines is 1. The lowest BCUT2D eigenvalue weighted by Gasteiger charge is -2.36. The Kier molecular flexibility index (Phi) is 16.4. The first kappa shape index (κ1) is 50.8. The van der Waals surface area contributed by atoms with Crippen molar-refractivity contribution in [1.29, 1.82) is 0 Å². The van der Waals surface area contributed by atoms with Gasteiger partial charge in [0.25, 0.3) is 17.7 Å². The molecule has 384 valence electrons. The van der Waals surface area contributed by atoms with Crippen LogP contribution in [0.25, 0.3) is 10.9 Å². The molecule has 0 aliphatic carbocycles. The van der Waals surface area contributed by atoms with Gasteiger partial charge in [-0.1, -0.05) is 18.2 Å². The van der Waals surface area contributed by atoms with Gasteiger partial charge in [-0.15, -0.1) is 0 Å². The Balaban J connectivity index is 0.679. The molecule has 4 aliphatic heterocycles. The van der Waals surface area contributed by atoms with E-state index in [1.807, 2.05) is 35.2 Å². The topological polar surface area (TPSA) is 214 Å². The number of carbonyl (C=O) groups is 6. The maximum atomic E-state index is 14.0. The van der Waals surface area contributed by atoms with Crippen molar-refractivity contribution in [3.63, 3.8) is 0 Å². The minimum Gasteiger partial charge on any atom is -0.381 e. The number of imide groups is 2. The van der Waals surface area contributed by atoms with Crippen LogP contribution in [0.1, 0.15) is 86.3 Å². The molecule has 9 rings (SSSR count). The van der Waals surface area contributed by atoms with Crippen molar-refractivity contribution in [2.45, 2.75) is 63.5 Å². The lowest BCUT2D eigenvalue weighted by atomic mass is 9.99. The predicted octanol–water partition coefficient (Wildman–Crippen LogP) is 5.40. The molecule has 4 aromatic carbocycles. The summed E-state index contributed by atoms with van der Waals surface area (Å²) >= 11 is 0. The van der Waals surface area contributed by atoms with Crippen molar-refractivity contribution >= 4 is 63.5 Å². The molecular weight excluding hydrogens is 947 g/mol. The van der Waals surface area contributed by atoms with Gasteiger partial charge in [-0.3, -0.25) is 44.1 Å². The maximum Gasteiger partial charge on any atom is 0.262 e.